The van der Waals surface area contributed by atoms with Crippen molar-refractivity contribution in [2.24, 2.45) is 5.92 Å². The second-order valence-electron chi connectivity index (χ2n) is 3.75. The van der Waals surface area contributed by atoms with Crippen LogP contribution in [0.25, 0.3) is 0 Å². The van der Waals surface area contributed by atoms with Gasteiger partial charge in [-0.3, -0.25) is 0 Å². The van der Waals surface area contributed by atoms with E-state index in [0.717, 1.165) is 15.9 Å². The minimum absolute atomic E-state index is 0.585. The van der Waals surface area contributed by atoms with E-state index < -0.39 is 0 Å². The summed E-state index contributed by atoms with van der Waals surface area (Å²) < 4.78 is 12.2. The summed E-state index contributed by atoms with van der Waals surface area (Å²) in [5, 5.41) is 0. The molecule has 0 saturated heterocycles. The fourth-order valence-electron chi connectivity index (χ4n) is 1.09. The van der Waals surface area contributed by atoms with E-state index in [4.69, 9.17) is 9.47 Å². The van der Waals surface area contributed by atoms with Crippen molar-refractivity contribution in [1.82, 2.24) is 0 Å². The van der Waals surface area contributed by atoms with Crippen LogP contribution in [0.15, 0.2) is 24.3 Å². The molecule has 1 rings (SSSR count). The number of benzene rings is 1. The quantitative estimate of drug-likeness (QED) is 0.591. The van der Waals surface area contributed by atoms with Gasteiger partial charge in [-0.2, -0.15) is 0 Å². The summed E-state index contributed by atoms with van der Waals surface area (Å²) in [6.45, 7) is 6.35. The summed E-state index contributed by atoms with van der Waals surface area (Å²) in [7, 11) is 0. The summed E-state index contributed by atoms with van der Waals surface area (Å²) >= 11 is 2.27. The molecule has 0 heterocycles. The molecule has 0 aliphatic heterocycles. The Morgan fingerprint density at radius 1 is 1.20 bits per heavy atom. The predicted octanol–water partition coefficient (Wildman–Crippen LogP) is 3.34. The highest BCUT2D eigenvalue weighted by Crippen LogP contribution is 2.19. The van der Waals surface area contributed by atoms with Crippen molar-refractivity contribution in [3.05, 3.63) is 27.8 Å². The first kappa shape index (κ1) is 12.8. The van der Waals surface area contributed by atoms with Gasteiger partial charge < -0.3 is 9.47 Å². The second-order valence-corrected chi connectivity index (χ2v) is 4.91. The Bertz CT molecular complexity index is 287. The minimum Gasteiger partial charge on any atom is -0.490 e. The van der Waals surface area contributed by atoms with E-state index in [0.29, 0.717) is 19.1 Å². The van der Waals surface area contributed by atoms with Gasteiger partial charge in [0.25, 0.3) is 0 Å². The number of rotatable bonds is 6. The van der Waals surface area contributed by atoms with Gasteiger partial charge in [0, 0.05) is 6.61 Å². The predicted molar refractivity (Wildman–Crippen MR) is 70.3 cm³/mol. The molecular formula is C12H17IO2. The fraction of sp³-hybridized carbons (Fsp3) is 0.500. The Hall–Kier alpha value is -0.290. The zero-order valence-electron chi connectivity index (χ0n) is 9.20. The van der Waals surface area contributed by atoms with Crippen LogP contribution < -0.4 is 4.74 Å². The number of hydrogen-bond donors (Lipinski definition) is 0. The highest BCUT2D eigenvalue weighted by molar-refractivity contribution is 14.1. The summed E-state index contributed by atoms with van der Waals surface area (Å²) in [6, 6.07) is 7.99. The SMILES string of the molecule is CC(C)COCCOc1ccccc1I. The molecule has 0 spiro atoms. The molecule has 1 aromatic carbocycles. The van der Waals surface area contributed by atoms with Crippen molar-refractivity contribution < 1.29 is 9.47 Å². The van der Waals surface area contributed by atoms with Gasteiger partial charge in [0.2, 0.25) is 0 Å². The van der Waals surface area contributed by atoms with Gasteiger partial charge in [-0.1, -0.05) is 26.0 Å². The monoisotopic (exact) mass is 320 g/mol. The van der Waals surface area contributed by atoms with Crippen LogP contribution in [-0.2, 0) is 4.74 Å². The highest BCUT2D eigenvalue weighted by atomic mass is 127. The lowest BCUT2D eigenvalue weighted by Crippen LogP contribution is -2.10. The van der Waals surface area contributed by atoms with Crippen LogP contribution in [0.3, 0.4) is 0 Å². The Morgan fingerprint density at radius 3 is 2.60 bits per heavy atom. The van der Waals surface area contributed by atoms with Crippen molar-refractivity contribution in [3.63, 3.8) is 0 Å². The molecule has 3 heteroatoms. The smallest absolute Gasteiger partial charge is 0.132 e. The molecule has 84 valence electrons. The third-order valence-electron chi connectivity index (χ3n) is 1.77. The summed E-state index contributed by atoms with van der Waals surface area (Å²) in [5.41, 5.74) is 0. The van der Waals surface area contributed by atoms with Crippen molar-refractivity contribution in [3.8, 4) is 5.75 Å². The topological polar surface area (TPSA) is 18.5 Å². The highest BCUT2D eigenvalue weighted by Gasteiger charge is 1.99. The molecule has 0 N–H and O–H groups in total. The maximum atomic E-state index is 5.59. The Morgan fingerprint density at radius 2 is 1.93 bits per heavy atom. The normalized spacial score (nSPS) is 10.7. The molecule has 0 atom stereocenters. The maximum absolute atomic E-state index is 5.59. The summed E-state index contributed by atoms with van der Waals surface area (Å²) in [4.78, 5) is 0. The van der Waals surface area contributed by atoms with E-state index in [1.54, 1.807) is 0 Å². The van der Waals surface area contributed by atoms with Gasteiger partial charge >= 0.3 is 0 Å². The Kier molecular flexibility index (Phi) is 6.02. The van der Waals surface area contributed by atoms with Crippen LogP contribution >= 0.6 is 22.6 Å². The van der Waals surface area contributed by atoms with E-state index in [1.807, 2.05) is 24.3 Å². The number of ether oxygens (including phenoxy) is 2. The molecule has 0 saturated carbocycles. The number of hydrogen-bond acceptors (Lipinski definition) is 2. The minimum atomic E-state index is 0.585. The van der Waals surface area contributed by atoms with E-state index in [9.17, 15) is 0 Å². The van der Waals surface area contributed by atoms with Crippen LogP contribution in [0, 0.1) is 9.49 Å². The van der Waals surface area contributed by atoms with Gasteiger partial charge in [0.15, 0.2) is 0 Å². The van der Waals surface area contributed by atoms with Crippen LogP contribution in [-0.4, -0.2) is 19.8 Å². The zero-order chi connectivity index (χ0) is 11.1. The molecule has 0 fully saturated rings. The molecular weight excluding hydrogens is 303 g/mol. The third kappa shape index (κ3) is 5.37. The zero-order valence-corrected chi connectivity index (χ0v) is 11.4. The van der Waals surface area contributed by atoms with E-state index >= 15 is 0 Å². The van der Waals surface area contributed by atoms with Crippen LogP contribution in [0.2, 0.25) is 0 Å². The first-order valence-electron chi connectivity index (χ1n) is 5.15. The molecule has 15 heavy (non-hydrogen) atoms. The van der Waals surface area contributed by atoms with Crippen LogP contribution in [0.1, 0.15) is 13.8 Å². The lowest BCUT2D eigenvalue weighted by Gasteiger charge is -2.09. The Labute approximate surface area is 105 Å². The van der Waals surface area contributed by atoms with E-state index in [1.165, 1.54) is 0 Å². The van der Waals surface area contributed by atoms with Crippen molar-refractivity contribution in [2.75, 3.05) is 19.8 Å². The van der Waals surface area contributed by atoms with Gasteiger partial charge in [-0.15, -0.1) is 0 Å². The van der Waals surface area contributed by atoms with Crippen LogP contribution in [0.4, 0.5) is 0 Å². The summed E-state index contributed by atoms with van der Waals surface area (Å²) in [5.74, 6) is 1.52. The fourth-order valence-corrected chi connectivity index (χ4v) is 1.63. The molecule has 0 bridgehead atoms. The number of para-hydroxylation sites is 1. The first-order chi connectivity index (χ1) is 7.20. The Balaban J connectivity index is 2.18. The average molecular weight is 320 g/mol. The maximum Gasteiger partial charge on any atom is 0.132 e. The second kappa shape index (κ2) is 7.06. The van der Waals surface area contributed by atoms with Gasteiger partial charge in [0.1, 0.15) is 12.4 Å². The van der Waals surface area contributed by atoms with Crippen molar-refractivity contribution in [1.29, 1.82) is 0 Å². The summed E-state index contributed by atoms with van der Waals surface area (Å²) in [6.07, 6.45) is 0. The number of halogens is 1. The third-order valence-corrected chi connectivity index (χ3v) is 2.66. The first-order valence-corrected chi connectivity index (χ1v) is 6.23. The molecule has 0 radical (unpaired) electrons. The molecule has 0 aliphatic rings. The molecule has 1 aromatic rings. The van der Waals surface area contributed by atoms with Gasteiger partial charge in [0.05, 0.1) is 10.2 Å². The molecule has 0 aromatic heterocycles. The van der Waals surface area contributed by atoms with Gasteiger partial charge in [-0.05, 0) is 40.6 Å². The molecule has 2 nitrogen and oxygen atoms in total. The van der Waals surface area contributed by atoms with E-state index in [-0.39, 0.29) is 0 Å². The van der Waals surface area contributed by atoms with Crippen molar-refractivity contribution >= 4 is 22.6 Å². The largest absolute Gasteiger partial charge is 0.490 e. The van der Waals surface area contributed by atoms with E-state index in [2.05, 4.69) is 36.4 Å². The lowest BCUT2D eigenvalue weighted by molar-refractivity contribution is 0.0816. The molecule has 0 aliphatic carbocycles. The van der Waals surface area contributed by atoms with Crippen LogP contribution in [0.5, 0.6) is 5.75 Å². The average Bonchev–Trinajstić information content (AvgIpc) is 2.20. The van der Waals surface area contributed by atoms with Crippen molar-refractivity contribution in [2.45, 2.75) is 13.8 Å². The van der Waals surface area contributed by atoms with Gasteiger partial charge in [-0.25, -0.2) is 0 Å². The molecule has 0 unspecified atom stereocenters. The lowest BCUT2D eigenvalue weighted by atomic mass is 10.2. The standard InChI is InChI=1S/C12H17IO2/c1-10(2)9-14-7-8-15-12-6-4-3-5-11(12)13/h3-6,10H,7-9H2,1-2H3. The molecule has 0 amide bonds.